The summed E-state index contributed by atoms with van der Waals surface area (Å²) in [6.45, 7) is 11.9. The minimum atomic E-state index is -0.0440. The molecule has 4 rings (SSSR count). The Hall–Kier alpha value is -2.07. The Balaban J connectivity index is 1.83. The van der Waals surface area contributed by atoms with E-state index in [9.17, 15) is 4.79 Å². The molecule has 0 saturated carbocycles. The standard InChI is InChI=1S/C23H31N3O/c1-5-15-9-10-18-19-11-17(23(27)25(6-2)7-3)14-26(8-4)20(19)12-16-13-24-22(15)21(16)18/h9-11,13,17,20,24H,5-8,12,14H2,1-4H3. The van der Waals surface area contributed by atoms with Crippen molar-refractivity contribution in [3.63, 3.8) is 0 Å². The van der Waals surface area contributed by atoms with Gasteiger partial charge in [0.25, 0.3) is 0 Å². The van der Waals surface area contributed by atoms with E-state index in [-0.39, 0.29) is 11.8 Å². The fourth-order valence-corrected chi connectivity index (χ4v) is 5.01. The van der Waals surface area contributed by atoms with Gasteiger partial charge in [0, 0.05) is 42.8 Å². The molecule has 0 saturated heterocycles. The Morgan fingerprint density at radius 1 is 1.22 bits per heavy atom. The van der Waals surface area contributed by atoms with Gasteiger partial charge in [-0.15, -0.1) is 0 Å². The molecule has 2 atom stereocenters. The lowest BCUT2D eigenvalue weighted by Crippen LogP contribution is -2.49. The first-order valence-corrected chi connectivity index (χ1v) is 10.5. The van der Waals surface area contributed by atoms with Crippen LogP contribution in [-0.2, 0) is 17.6 Å². The number of hydrogen-bond acceptors (Lipinski definition) is 2. The molecule has 1 aliphatic carbocycles. The van der Waals surface area contributed by atoms with E-state index in [4.69, 9.17) is 0 Å². The van der Waals surface area contributed by atoms with Crippen molar-refractivity contribution in [3.05, 3.63) is 41.1 Å². The number of aromatic nitrogens is 1. The molecule has 1 N–H and O–H groups in total. The molecule has 4 nitrogen and oxygen atoms in total. The van der Waals surface area contributed by atoms with Gasteiger partial charge < -0.3 is 9.88 Å². The number of hydrogen-bond donors (Lipinski definition) is 1. The number of benzene rings is 1. The molecule has 0 radical (unpaired) electrons. The lowest BCUT2D eigenvalue weighted by atomic mass is 9.79. The molecule has 1 aliphatic heterocycles. The van der Waals surface area contributed by atoms with Gasteiger partial charge in [-0.2, -0.15) is 0 Å². The van der Waals surface area contributed by atoms with E-state index < -0.39 is 0 Å². The number of aromatic amines is 1. The van der Waals surface area contributed by atoms with Gasteiger partial charge in [0.15, 0.2) is 0 Å². The predicted octanol–water partition coefficient (Wildman–Crippen LogP) is 3.86. The molecule has 0 spiro atoms. The first-order valence-electron chi connectivity index (χ1n) is 10.5. The molecular formula is C23H31N3O. The average Bonchev–Trinajstić information content (AvgIpc) is 3.13. The Morgan fingerprint density at radius 2 is 2.00 bits per heavy atom. The van der Waals surface area contributed by atoms with Crippen LogP contribution in [0.2, 0.25) is 0 Å². The van der Waals surface area contributed by atoms with E-state index in [1.165, 1.54) is 33.2 Å². The van der Waals surface area contributed by atoms with E-state index in [0.29, 0.717) is 6.04 Å². The zero-order chi connectivity index (χ0) is 19.1. The van der Waals surface area contributed by atoms with Crippen LogP contribution in [0.4, 0.5) is 0 Å². The highest BCUT2D eigenvalue weighted by Crippen LogP contribution is 2.42. The van der Waals surface area contributed by atoms with Crippen LogP contribution in [0, 0.1) is 5.92 Å². The molecule has 1 aromatic heterocycles. The van der Waals surface area contributed by atoms with Crippen LogP contribution in [0.1, 0.15) is 44.4 Å². The van der Waals surface area contributed by atoms with Crippen LogP contribution >= 0.6 is 0 Å². The van der Waals surface area contributed by atoms with Crippen LogP contribution in [-0.4, -0.2) is 52.9 Å². The van der Waals surface area contributed by atoms with Crippen molar-refractivity contribution in [2.45, 2.75) is 46.6 Å². The van der Waals surface area contributed by atoms with Crippen LogP contribution < -0.4 is 0 Å². The molecule has 27 heavy (non-hydrogen) atoms. The van der Waals surface area contributed by atoms with E-state index in [1.807, 2.05) is 4.90 Å². The van der Waals surface area contributed by atoms with Gasteiger partial charge in [-0.05, 0) is 55.5 Å². The topological polar surface area (TPSA) is 39.3 Å². The maximum absolute atomic E-state index is 13.1. The van der Waals surface area contributed by atoms with Crippen molar-refractivity contribution >= 4 is 22.4 Å². The van der Waals surface area contributed by atoms with Crippen LogP contribution in [0.25, 0.3) is 16.5 Å². The van der Waals surface area contributed by atoms with Gasteiger partial charge in [-0.25, -0.2) is 0 Å². The van der Waals surface area contributed by atoms with Crippen molar-refractivity contribution in [1.82, 2.24) is 14.8 Å². The molecule has 2 unspecified atom stereocenters. The molecule has 2 heterocycles. The maximum Gasteiger partial charge on any atom is 0.230 e. The second-order valence-electron chi connectivity index (χ2n) is 7.74. The summed E-state index contributed by atoms with van der Waals surface area (Å²) in [5.74, 6) is 0.225. The Bertz CT molecular complexity index is 890. The number of nitrogens with one attached hydrogen (secondary N) is 1. The number of amides is 1. The molecule has 0 bridgehead atoms. The van der Waals surface area contributed by atoms with Crippen molar-refractivity contribution < 1.29 is 4.79 Å². The van der Waals surface area contributed by atoms with Crippen LogP contribution in [0.5, 0.6) is 0 Å². The molecule has 4 heteroatoms. The summed E-state index contributed by atoms with van der Waals surface area (Å²) in [7, 11) is 0. The third-order valence-corrected chi connectivity index (χ3v) is 6.52. The van der Waals surface area contributed by atoms with Gasteiger partial charge >= 0.3 is 0 Å². The highest BCUT2D eigenvalue weighted by molar-refractivity contribution is 6.00. The van der Waals surface area contributed by atoms with E-state index in [1.54, 1.807) is 0 Å². The van der Waals surface area contributed by atoms with Crippen molar-refractivity contribution in [1.29, 1.82) is 0 Å². The van der Waals surface area contributed by atoms with E-state index in [0.717, 1.165) is 39.0 Å². The van der Waals surface area contributed by atoms with Gasteiger partial charge in [-0.1, -0.05) is 32.1 Å². The smallest absolute Gasteiger partial charge is 0.230 e. The lowest BCUT2D eigenvalue weighted by Gasteiger charge is -2.42. The number of likely N-dealkylation sites (N-methyl/N-ethyl adjacent to an activating group) is 1. The Labute approximate surface area is 162 Å². The van der Waals surface area contributed by atoms with Crippen molar-refractivity contribution in [3.8, 4) is 0 Å². The van der Waals surface area contributed by atoms with E-state index >= 15 is 0 Å². The minimum Gasteiger partial charge on any atom is -0.361 e. The Morgan fingerprint density at radius 3 is 2.67 bits per heavy atom. The third-order valence-electron chi connectivity index (χ3n) is 6.52. The summed E-state index contributed by atoms with van der Waals surface area (Å²) in [4.78, 5) is 21.1. The van der Waals surface area contributed by atoms with Crippen LogP contribution in [0.15, 0.2) is 24.4 Å². The fourth-order valence-electron chi connectivity index (χ4n) is 5.01. The predicted molar refractivity (Wildman–Crippen MR) is 112 cm³/mol. The molecule has 1 aromatic carbocycles. The van der Waals surface area contributed by atoms with Gasteiger partial charge in [0.05, 0.1) is 5.92 Å². The number of fused-ring (bicyclic) bond motifs is 2. The SMILES string of the molecule is CCc1ccc2c3c(c[nH]c13)CC1C2=CC(C(=O)N(CC)CC)CN1CC. The van der Waals surface area contributed by atoms with Gasteiger partial charge in [-0.3, -0.25) is 9.69 Å². The van der Waals surface area contributed by atoms with Crippen LogP contribution in [0.3, 0.4) is 0 Å². The second kappa shape index (κ2) is 7.16. The summed E-state index contributed by atoms with van der Waals surface area (Å²) in [5, 5.41) is 1.38. The summed E-state index contributed by atoms with van der Waals surface area (Å²) in [6.07, 6.45) is 6.55. The zero-order valence-electron chi connectivity index (χ0n) is 17.0. The number of H-pyrrole nitrogens is 1. The molecule has 2 aromatic rings. The summed E-state index contributed by atoms with van der Waals surface area (Å²) in [6, 6.07) is 4.93. The molecule has 2 aliphatic rings. The van der Waals surface area contributed by atoms with Crippen molar-refractivity contribution in [2.75, 3.05) is 26.2 Å². The summed E-state index contributed by atoms with van der Waals surface area (Å²) < 4.78 is 0. The molecule has 1 amide bonds. The molecule has 0 fully saturated rings. The highest BCUT2D eigenvalue weighted by Gasteiger charge is 2.37. The average molecular weight is 366 g/mol. The molecular weight excluding hydrogens is 334 g/mol. The Kier molecular flexibility index (Phi) is 4.85. The maximum atomic E-state index is 13.1. The van der Waals surface area contributed by atoms with Crippen molar-refractivity contribution in [2.24, 2.45) is 5.92 Å². The normalized spacial score (nSPS) is 21.9. The zero-order valence-corrected chi connectivity index (χ0v) is 17.0. The van der Waals surface area contributed by atoms with Gasteiger partial charge in [0.2, 0.25) is 5.91 Å². The third kappa shape index (κ3) is 2.82. The number of rotatable bonds is 5. The first kappa shape index (κ1) is 18.3. The lowest BCUT2D eigenvalue weighted by molar-refractivity contribution is -0.134. The number of aryl methyl sites for hydroxylation is 1. The minimum absolute atomic E-state index is 0.0440. The summed E-state index contributed by atoms with van der Waals surface area (Å²) in [5.41, 5.74) is 6.76. The monoisotopic (exact) mass is 365 g/mol. The van der Waals surface area contributed by atoms with E-state index in [2.05, 4.69) is 62.0 Å². The number of carbonyl (C=O) groups excluding carboxylic acids is 1. The fraction of sp³-hybridized carbons (Fsp3) is 0.522. The highest BCUT2D eigenvalue weighted by atomic mass is 16.2. The quantitative estimate of drug-likeness (QED) is 0.874. The number of nitrogens with zero attached hydrogens (tertiary/aromatic N) is 2. The first-order chi connectivity index (χ1) is 13.1. The van der Waals surface area contributed by atoms with Gasteiger partial charge in [0.1, 0.15) is 0 Å². The summed E-state index contributed by atoms with van der Waals surface area (Å²) >= 11 is 0. The largest absolute Gasteiger partial charge is 0.361 e. The molecule has 144 valence electrons. The second-order valence-corrected chi connectivity index (χ2v) is 7.74. The number of carbonyl (C=O) groups is 1.